The molecule has 0 amide bonds. The van der Waals surface area contributed by atoms with Crippen LogP contribution in [0.4, 0.5) is 8.78 Å². The molecule has 1 aromatic carbocycles. The van der Waals surface area contributed by atoms with Gasteiger partial charge in [-0.15, -0.1) is 11.3 Å². The van der Waals surface area contributed by atoms with Crippen LogP contribution in [0.1, 0.15) is 28.3 Å². The smallest absolute Gasteiger partial charge is 0.132 e. The van der Waals surface area contributed by atoms with Crippen molar-refractivity contribution in [2.24, 2.45) is 5.84 Å². The molecule has 0 spiro atoms. The Bertz CT molecular complexity index is 578. The van der Waals surface area contributed by atoms with E-state index in [2.05, 4.69) is 28.3 Å². The summed E-state index contributed by atoms with van der Waals surface area (Å²) < 4.78 is 28.3. The first-order valence-corrected chi connectivity index (χ1v) is 7.84. The molecule has 0 saturated carbocycles. The third-order valence-electron chi connectivity index (χ3n) is 3.06. The fraction of sp³-hybridized carbons (Fsp3) is 0.286. The van der Waals surface area contributed by atoms with Gasteiger partial charge in [0.05, 0.1) is 6.04 Å². The second kappa shape index (κ2) is 6.76. The molecule has 1 heterocycles. The van der Waals surface area contributed by atoms with Gasteiger partial charge >= 0.3 is 0 Å². The lowest BCUT2D eigenvalue weighted by molar-refractivity contribution is 0.474. The van der Waals surface area contributed by atoms with Gasteiger partial charge in [-0.1, -0.05) is 22.9 Å². The number of benzene rings is 1. The average molecular weight is 361 g/mol. The zero-order chi connectivity index (χ0) is 14.7. The van der Waals surface area contributed by atoms with E-state index in [9.17, 15) is 8.78 Å². The highest BCUT2D eigenvalue weighted by molar-refractivity contribution is 9.10. The summed E-state index contributed by atoms with van der Waals surface area (Å²) in [5, 5.41) is 0. The molecule has 1 aromatic heterocycles. The standard InChI is InChI=1S/C14H15BrF2N2S/c1-2-9-3-4-10(20-9)7-13(19-18)14-11(16)5-8(15)6-12(14)17/h3-6,13,19H,2,7,18H2,1H3. The Balaban J connectivity index is 2.28. The Morgan fingerprint density at radius 2 is 1.85 bits per heavy atom. The number of hydrogen-bond acceptors (Lipinski definition) is 3. The zero-order valence-electron chi connectivity index (χ0n) is 10.9. The van der Waals surface area contributed by atoms with Crippen LogP contribution in [0.25, 0.3) is 0 Å². The highest BCUT2D eigenvalue weighted by Gasteiger charge is 2.21. The first-order chi connectivity index (χ1) is 9.55. The van der Waals surface area contributed by atoms with Crippen molar-refractivity contribution in [3.8, 4) is 0 Å². The van der Waals surface area contributed by atoms with E-state index in [-0.39, 0.29) is 5.56 Å². The van der Waals surface area contributed by atoms with E-state index in [0.717, 1.165) is 11.3 Å². The fourth-order valence-electron chi connectivity index (χ4n) is 2.05. The number of hydrogen-bond donors (Lipinski definition) is 2. The number of nitrogens with two attached hydrogens (primary N) is 1. The summed E-state index contributed by atoms with van der Waals surface area (Å²) in [5.74, 6) is 4.27. The number of halogens is 3. The van der Waals surface area contributed by atoms with Gasteiger partial charge in [-0.3, -0.25) is 11.3 Å². The van der Waals surface area contributed by atoms with Crippen LogP contribution in [-0.4, -0.2) is 0 Å². The van der Waals surface area contributed by atoms with Crippen LogP contribution in [0.15, 0.2) is 28.7 Å². The normalized spacial score (nSPS) is 12.7. The van der Waals surface area contributed by atoms with Crippen molar-refractivity contribution in [2.45, 2.75) is 25.8 Å². The molecule has 108 valence electrons. The lowest BCUT2D eigenvalue weighted by Crippen LogP contribution is -2.30. The third kappa shape index (κ3) is 3.44. The number of thiophene rings is 1. The minimum absolute atomic E-state index is 0.0258. The Labute approximate surface area is 129 Å². The van der Waals surface area contributed by atoms with Gasteiger partial charge in [0.15, 0.2) is 0 Å². The van der Waals surface area contributed by atoms with E-state index in [1.165, 1.54) is 17.0 Å². The molecule has 0 aliphatic heterocycles. The number of aryl methyl sites for hydroxylation is 1. The molecule has 2 nitrogen and oxygen atoms in total. The minimum Gasteiger partial charge on any atom is -0.271 e. The number of hydrazine groups is 1. The van der Waals surface area contributed by atoms with Crippen LogP contribution in [0.2, 0.25) is 0 Å². The lowest BCUT2D eigenvalue weighted by Gasteiger charge is -2.17. The first-order valence-electron chi connectivity index (χ1n) is 6.23. The van der Waals surface area contributed by atoms with Crippen molar-refractivity contribution in [3.63, 3.8) is 0 Å². The molecule has 0 saturated heterocycles. The van der Waals surface area contributed by atoms with E-state index in [4.69, 9.17) is 5.84 Å². The van der Waals surface area contributed by atoms with Crippen LogP contribution in [-0.2, 0) is 12.8 Å². The van der Waals surface area contributed by atoms with Crippen molar-refractivity contribution >= 4 is 27.3 Å². The highest BCUT2D eigenvalue weighted by Crippen LogP contribution is 2.29. The quantitative estimate of drug-likeness (QED) is 0.622. The zero-order valence-corrected chi connectivity index (χ0v) is 13.3. The maximum Gasteiger partial charge on any atom is 0.132 e. The van der Waals surface area contributed by atoms with Gasteiger partial charge in [-0.25, -0.2) is 8.78 Å². The molecule has 0 aliphatic rings. The summed E-state index contributed by atoms with van der Waals surface area (Å²) in [6.07, 6.45) is 1.41. The predicted molar refractivity (Wildman–Crippen MR) is 81.5 cm³/mol. The Kier molecular flexibility index (Phi) is 5.26. The van der Waals surface area contributed by atoms with Gasteiger partial charge in [0.25, 0.3) is 0 Å². The maximum atomic E-state index is 14.0. The molecular formula is C14H15BrF2N2S. The van der Waals surface area contributed by atoms with E-state index < -0.39 is 17.7 Å². The molecule has 2 rings (SSSR count). The van der Waals surface area contributed by atoms with Crippen molar-refractivity contribution < 1.29 is 8.78 Å². The highest BCUT2D eigenvalue weighted by atomic mass is 79.9. The van der Waals surface area contributed by atoms with Crippen molar-refractivity contribution in [3.05, 3.63) is 55.7 Å². The van der Waals surface area contributed by atoms with Crippen molar-refractivity contribution in [1.29, 1.82) is 0 Å². The number of rotatable bonds is 5. The van der Waals surface area contributed by atoms with Crippen LogP contribution < -0.4 is 11.3 Å². The summed E-state index contributed by atoms with van der Waals surface area (Å²) in [6.45, 7) is 2.07. The second-order valence-electron chi connectivity index (χ2n) is 4.43. The molecule has 1 unspecified atom stereocenters. The molecule has 6 heteroatoms. The first kappa shape index (κ1) is 15.6. The molecule has 1 atom stereocenters. The summed E-state index contributed by atoms with van der Waals surface area (Å²) in [7, 11) is 0. The predicted octanol–water partition coefficient (Wildman–Crippen LogP) is 4.10. The number of nitrogens with one attached hydrogen (secondary N) is 1. The molecule has 0 radical (unpaired) electrons. The second-order valence-corrected chi connectivity index (χ2v) is 6.60. The van der Waals surface area contributed by atoms with Crippen molar-refractivity contribution in [1.82, 2.24) is 5.43 Å². The average Bonchev–Trinajstić information content (AvgIpc) is 2.84. The van der Waals surface area contributed by atoms with Crippen LogP contribution >= 0.6 is 27.3 Å². The monoisotopic (exact) mass is 360 g/mol. The summed E-state index contributed by atoms with van der Waals surface area (Å²) in [4.78, 5) is 2.29. The van der Waals surface area contributed by atoms with Crippen LogP contribution in [0.5, 0.6) is 0 Å². The lowest BCUT2D eigenvalue weighted by atomic mass is 10.0. The summed E-state index contributed by atoms with van der Waals surface area (Å²) in [6, 6.07) is 5.90. The maximum absolute atomic E-state index is 14.0. The molecule has 0 aliphatic carbocycles. The third-order valence-corrected chi connectivity index (χ3v) is 4.77. The van der Waals surface area contributed by atoms with Crippen molar-refractivity contribution in [2.75, 3.05) is 0 Å². The Morgan fingerprint density at radius 1 is 1.25 bits per heavy atom. The topological polar surface area (TPSA) is 38.0 Å². The Morgan fingerprint density at radius 3 is 2.35 bits per heavy atom. The molecule has 20 heavy (non-hydrogen) atoms. The molecule has 0 fully saturated rings. The van der Waals surface area contributed by atoms with Gasteiger partial charge in [-0.2, -0.15) is 0 Å². The molecule has 3 N–H and O–H groups in total. The van der Waals surface area contributed by atoms with E-state index in [1.54, 1.807) is 11.3 Å². The van der Waals surface area contributed by atoms with E-state index in [1.807, 2.05) is 12.1 Å². The van der Waals surface area contributed by atoms with Crippen LogP contribution in [0, 0.1) is 11.6 Å². The SMILES string of the molecule is CCc1ccc(CC(NN)c2c(F)cc(Br)cc2F)s1. The molecule has 0 bridgehead atoms. The van der Waals surface area contributed by atoms with Gasteiger partial charge < -0.3 is 0 Å². The van der Waals surface area contributed by atoms with E-state index in [0.29, 0.717) is 10.9 Å². The van der Waals surface area contributed by atoms with Gasteiger partial charge in [0.2, 0.25) is 0 Å². The van der Waals surface area contributed by atoms with Crippen LogP contribution in [0.3, 0.4) is 0 Å². The molecule has 2 aromatic rings. The summed E-state index contributed by atoms with van der Waals surface area (Å²) >= 11 is 4.70. The molecular weight excluding hydrogens is 346 g/mol. The van der Waals surface area contributed by atoms with Gasteiger partial charge in [0, 0.05) is 26.2 Å². The summed E-state index contributed by atoms with van der Waals surface area (Å²) in [5.41, 5.74) is 2.48. The largest absolute Gasteiger partial charge is 0.271 e. The minimum atomic E-state index is -0.605. The van der Waals surface area contributed by atoms with E-state index >= 15 is 0 Å². The van der Waals surface area contributed by atoms with Gasteiger partial charge in [0.1, 0.15) is 11.6 Å². The van der Waals surface area contributed by atoms with Gasteiger partial charge in [-0.05, 0) is 30.7 Å². The fourth-order valence-corrected chi connectivity index (χ4v) is 3.46. The Hall–Kier alpha value is -0.820.